The molecule has 0 radical (unpaired) electrons. The lowest BCUT2D eigenvalue weighted by atomic mass is 9.92. The van der Waals surface area contributed by atoms with E-state index in [4.69, 9.17) is 0 Å². The Morgan fingerprint density at radius 1 is 1.29 bits per heavy atom. The molecule has 1 aromatic heterocycles. The molecule has 0 saturated heterocycles. The van der Waals surface area contributed by atoms with Crippen molar-refractivity contribution in [1.82, 2.24) is 10.3 Å². The van der Waals surface area contributed by atoms with Crippen LogP contribution in [0.4, 0.5) is 5.69 Å². The molecule has 0 saturated carbocycles. The van der Waals surface area contributed by atoms with E-state index in [9.17, 15) is 10.1 Å². The predicted molar refractivity (Wildman–Crippen MR) is 79.9 cm³/mol. The molecule has 5 heteroatoms. The van der Waals surface area contributed by atoms with E-state index in [2.05, 4.69) is 16.4 Å². The molecule has 2 aromatic rings. The Balaban J connectivity index is 1.67. The number of aryl methyl sites for hydroxylation is 1. The summed E-state index contributed by atoms with van der Waals surface area (Å²) in [5.41, 5.74) is 3.64. The van der Waals surface area contributed by atoms with Crippen molar-refractivity contribution in [2.24, 2.45) is 0 Å². The molecule has 21 heavy (non-hydrogen) atoms. The van der Waals surface area contributed by atoms with Gasteiger partial charge in [-0.15, -0.1) is 0 Å². The van der Waals surface area contributed by atoms with Gasteiger partial charge in [0.2, 0.25) is 0 Å². The first-order valence-electron chi connectivity index (χ1n) is 7.14. The highest BCUT2D eigenvalue weighted by Gasteiger charge is 2.20. The fourth-order valence-electron chi connectivity index (χ4n) is 2.78. The van der Waals surface area contributed by atoms with Crippen LogP contribution in [0.2, 0.25) is 0 Å². The van der Waals surface area contributed by atoms with Crippen LogP contribution in [-0.4, -0.2) is 9.91 Å². The Labute approximate surface area is 123 Å². The zero-order chi connectivity index (χ0) is 14.7. The Morgan fingerprint density at radius 3 is 2.86 bits per heavy atom. The molecule has 1 aliphatic rings. The number of nitro groups is 1. The summed E-state index contributed by atoms with van der Waals surface area (Å²) < 4.78 is 0. The van der Waals surface area contributed by atoms with Gasteiger partial charge in [0, 0.05) is 24.9 Å². The molecule has 1 unspecified atom stereocenters. The molecule has 5 nitrogen and oxygen atoms in total. The second kappa shape index (κ2) is 6.01. The van der Waals surface area contributed by atoms with E-state index < -0.39 is 0 Å². The molecular formula is C16H17N3O2. The van der Waals surface area contributed by atoms with Crippen LogP contribution < -0.4 is 5.32 Å². The maximum atomic E-state index is 10.6. The smallest absolute Gasteiger partial charge is 0.269 e. The van der Waals surface area contributed by atoms with Crippen molar-refractivity contribution >= 4 is 5.69 Å². The molecule has 1 atom stereocenters. The van der Waals surface area contributed by atoms with Gasteiger partial charge in [-0.2, -0.15) is 0 Å². The second-order valence-electron chi connectivity index (χ2n) is 5.30. The van der Waals surface area contributed by atoms with Crippen LogP contribution in [0.3, 0.4) is 0 Å². The maximum absolute atomic E-state index is 10.6. The van der Waals surface area contributed by atoms with Gasteiger partial charge in [-0.1, -0.05) is 18.2 Å². The van der Waals surface area contributed by atoms with Crippen molar-refractivity contribution in [2.75, 3.05) is 0 Å². The minimum atomic E-state index is -0.376. The first-order chi connectivity index (χ1) is 10.2. The highest BCUT2D eigenvalue weighted by Crippen LogP contribution is 2.27. The van der Waals surface area contributed by atoms with Gasteiger partial charge in [0.15, 0.2) is 0 Å². The topological polar surface area (TPSA) is 68.1 Å². The molecule has 108 valence electrons. The minimum Gasteiger partial charge on any atom is -0.305 e. The van der Waals surface area contributed by atoms with Gasteiger partial charge >= 0.3 is 0 Å². The normalized spacial score (nSPS) is 17.2. The van der Waals surface area contributed by atoms with Gasteiger partial charge in [-0.05, 0) is 36.5 Å². The lowest BCUT2D eigenvalue weighted by Gasteiger charge is -2.25. The Morgan fingerprint density at radius 2 is 2.10 bits per heavy atom. The third kappa shape index (κ3) is 3.08. The number of pyridine rings is 1. The van der Waals surface area contributed by atoms with Crippen LogP contribution in [0.15, 0.2) is 42.6 Å². The fourth-order valence-corrected chi connectivity index (χ4v) is 2.78. The first kappa shape index (κ1) is 13.7. The maximum Gasteiger partial charge on any atom is 0.269 e. The molecular weight excluding hydrogens is 266 g/mol. The molecule has 0 bridgehead atoms. The minimum absolute atomic E-state index is 0.128. The molecule has 1 heterocycles. The molecule has 1 N–H and O–H groups in total. The lowest BCUT2D eigenvalue weighted by molar-refractivity contribution is -0.384. The van der Waals surface area contributed by atoms with Gasteiger partial charge in [0.1, 0.15) is 0 Å². The van der Waals surface area contributed by atoms with Crippen LogP contribution in [0.1, 0.15) is 35.7 Å². The van der Waals surface area contributed by atoms with E-state index in [1.807, 2.05) is 12.3 Å². The van der Waals surface area contributed by atoms with Gasteiger partial charge in [-0.25, -0.2) is 0 Å². The Kier molecular flexibility index (Phi) is 3.92. The highest BCUT2D eigenvalue weighted by atomic mass is 16.6. The number of hydrogen-bond donors (Lipinski definition) is 1. The largest absolute Gasteiger partial charge is 0.305 e. The third-order valence-corrected chi connectivity index (χ3v) is 3.89. The third-order valence-electron chi connectivity index (χ3n) is 3.89. The molecule has 0 amide bonds. The SMILES string of the molecule is O=[N+]([O-])c1ccc(CNC2CCCc3cccnc32)cc1. The molecule has 1 aliphatic carbocycles. The average molecular weight is 283 g/mol. The first-order valence-corrected chi connectivity index (χ1v) is 7.14. The van der Waals surface area contributed by atoms with Crippen LogP contribution in [0, 0.1) is 10.1 Å². The van der Waals surface area contributed by atoms with Crippen molar-refractivity contribution in [1.29, 1.82) is 0 Å². The Bertz CT molecular complexity index is 640. The second-order valence-corrected chi connectivity index (χ2v) is 5.30. The number of benzene rings is 1. The number of aromatic nitrogens is 1. The summed E-state index contributed by atoms with van der Waals surface area (Å²) in [4.78, 5) is 14.8. The van der Waals surface area contributed by atoms with Crippen LogP contribution >= 0.6 is 0 Å². The van der Waals surface area contributed by atoms with Crippen molar-refractivity contribution < 1.29 is 4.92 Å². The van der Waals surface area contributed by atoms with Crippen molar-refractivity contribution in [3.63, 3.8) is 0 Å². The quantitative estimate of drug-likeness (QED) is 0.691. The van der Waals surface area contributed by atoms with Gasteiger partial charge < -0.3 is 5.32 Å². The van der Waals surface area contributed by atoms with Gasteiger partial charge in [0.25, 0.3) is 5.69 Å². The zero-order valence-electron chi connectivity index (χ0n) is 11.7. The monoisotopic (exact) mass is 283 g/mol. The molecule has 0 fully saturated rings. The number of non-ortho nitro benzene ring substituents is 1. The average Bonchev–Trinajstić information content (AvgIpc) is 2.53. The number of nitrogens with zero attached hydrogens (tertiary/aromatic N) is 2. The predicted octanol–water partition coefficient (Wildman–Crippen LogP) is 3.16. The van der Waals surface area contributed by atoms with Crippen molar-refractivity contribution in [3.8, 4) is 0 Å². The number of fused-ring (bicyclic) bond motifs is 1. The molecule has 0 aliphatic heterocycles. The Hall–Kier alpha value is -2.27. The van der Waals surface area contributed by atoms with E-state index in [1.165, 1.54) is 5.56 Å². The summed E-state index contributed by atoms with van der Waals surface area (Å²) >= 11 is 0. The summed E-state index contributed by atoms with van der Waals surface area (Å²) in [5.74, 6) is 0. The summed E-state index contributed by atoms with van der Waals surface area (Å²) in [5, 5.41) is 14.1. The zero-order valence-corrected chi connectivity index (χ0v) is 11.7. The number of hydrogen-bond acceptors (Lipinski definition) is 4. The van der Waals surface area contributed by atoms with Gasteiger partial charge in [-0.3, -0.25) is 15.1 Å². The molecule has 3 rings (SSSR count). The van der Waals surface area contributed by atoms with Crippen LogP contribution in [-0.2, 0) is 13.0 Å². The van der Waals surface area contributed by atoms with Gasteiger partial charge in [0.05, 0.1) is 16.7 Å². The standard InChI is InChI=1S/C16H17N3O2/c20-19(21)14-8-6-12(7-9-14)11-18-15-5-1-3-13-4-2-10-17-16(13)15/h2,4,6-10,15,18H,1,3,5,11H2. The number of nitro benzene ring substituents is 1. The molecule has 0 spiro atoms. The van der Waals surface area contributed by atoms with Crippen molar-refractivity contribution in [3.05, 3.63) is 69.5 Å². The number of rotatable bonds is 4. The van der Waals surface area contributed by atoms with Crippen molar-refractivity contribution in [2.45, 2.75) is 31.8 Å². The fraction of sp³-hybridized carbons (Fsp3) is 0.312. The summed E-state index contributed by atoms with van der Waals surface area (Å²) in [6.07, 6.45) is 5.18. The number of nitrogens with one attached hydrogen (secondary N) is 1. The van der Waals surface area contributed by atoms with Crippen LogP contribution in [0.25, 0.3) is 0 Å². The summed E-state index contributed by atoms with van der Waals surface area (Å²) in [7, 11) is 0. The van der Waals surface area contributed by atoms with E-state index in [1.54, 1.807) is 24.3 Å². The molecule has 1 aromatic carbocycles. The summed E-state index contributed by atoms with van der Waals surface area (Å²) in [6.45, 7) is 0.693. The van der Waals surface area contributed by atoms with E-state index in [0.29, 0.717) is 6.54 Å². The summed E-state index contributed by atoms with van der Waals surface area (Å²) in [6, 6.07) is 11.1. The lowest BCUT2D eigenvalue weighted by Crippen LogP contribution is -2.25. The van der Waals surface area contributed by atoms with Crippen LogP contribution in [0.5, 0.6) is 0 Å². The highest BCUT2D eigenvalue weighted by molar-refractivity contribution is 5.33. The van der Waals surface area contributed by atoms with E-state index >= 15 is 0 Å². The van der Waals surface area contributed by atoms with E-state index in [-0.39, 0.29) is 16.7 Å². The van der Waals surface area contributed by atoms with E-state index in [0.717, 1.165) is 30.5 Å².